The van der Waals surface area contributed by atoms with E-state index in [4.69, 9.17) is 11.6 Å². The quantitative estimate of drug-likeness (QED) is 0.492. The summed E-state index contributed by atoms with van der Waals surface area (Å²) in [5.41, 5.74) is 5.67. The third-order valence-corrected chi connectivity index (χ3v) is 6.49. The molecule has 0 amide bonds. The normalized spacial score (nSPS) is 13.2. The van der Waals surface area contributed by atoms with Gasteiger partial charge in [-0.15, -0.1) is 0 Å². The van der Waals surface area contributed by atoms with Crippen molar-refractivity contribution in [3.05, 3.63) is 58.7 Å². The molecule has 0 radical (unpaired) electrons. The molecule has 1 atom stereocenters. The SMILES string of the molecule is CCC(C)(C=O)c1ccc(-c2ccc(-c3snc(C)c3NC)cc2Cl)cc1. The van der Waals surface area contributed by atoms with Crippen LogP contribution in [0.4, 0.5) is 5.69 Å². The fraction of sp³-hybridized carbons (Fsp3) is 0.273. The van der Waals surface area contributed by atoms with Crippen molar-refractivity contribution in [2.75, 3.05) is 12.4 Å². The van der Waals surface area contributed by atoms with Crippen LogP contribution in [-0.4, -0.2) is 17.7 Å². The van der Waals surface area contributed by atoms with Crippen molar-refractivity contribution < 1.29 is 4.79 Å². The number of aldehydes is 1. The third kappa shape index (κ3) is 3.64. The van der Waals surface area contributed by atoms with E-state index in [-0.39, 0.29) is 0 Å². The number of aromatic nitrogens is 1. The maximum atomic E-state index is 11.5. The molecule has 0 aliphatic rings. The average Bonchev–Trinajstić information content (AvgIpc) is 3.08. The van der Waals surface area contributed by atoms with Crippen molar-refractivity contribution in [1.29, 1.82) is 0 Å². The summed E-state index contributed by atoms with van der Waals surface area (Å²) < 4.78 is 4.43. The fourth-order valence-corrected chi connectivity index (χ4v) is 4.32. The van der Waals surface area contributed by atoms with Crippen molar-refractivity contribution in [2.24, 2.45) is 0 Å². The molecule has 1 heterocycles. The van der Waals surface area contributed by atoms with Gasteiger partial charge < -0.3 is 10.1 Å². The number of benzene rings is 2. The molecule has 3 nitrogen and oxygen atoms in total. The first kappa shape index (κ1) is 19.6. The summed E-state index contributed by atoms with van der Waals surface area (Å²) in [7, 11) is 1.90. The van der Waals surface area contributed by atoms with E-state index in [0.29, 0.717) is 5.02 Å². The minimum atomic E-state index is -0.445. The van der Waals surface area contributed by atoms with Gasteiger partial charge in [-0.25, -0.2) is 0 Å². The Morgan fingerprint density at radius 2 is 1.85 bits per heavy atom. The highest BCUT2D eigenvalue weighted by molar-refractivity contribution is 7.10. The second kappa shape index (κ2) is 7.83. The van der Waals surface area contributed by atoms with Crippen LogP contribution in [0.3, 0.4) is 0 Å². The summed E-state index contributed by atoms with van der Waals surface area (Å²) in [5.74, 6) is 0. The van der Waals surface area contributed by atoms with Crippen molar-refractivity contribution >= 4 is 35.1 Å². The Kier molecular flexibility index (Phi) is 5.68. The molecular weight excluding hydrogens is 376 g/mol. The number of nitrogens with one attached hydrogen (secondary N) is 1. The topological polar surface area (TPSA) is 42.0 Å². The van der Waals surface area contributed by atoms with Crippen LogP contribution in [0, 0.1) is 6.92 Å². The number of halogens is 1. The van der Waals surface area contributed by atoms with E-state index in [1.54, 1.807) is 0 Å². The summed E-state index contributed by atoms with van der Waals surface area (Å²) in [6, 6.07) is 14.2. The van der Waals surface area contributed by atoms with Crippen LogP contribution < -0.4 is 5.32 Å². The smallest absolute Gasteiger partial charge is 0.130 e. The monoisotopic (exact) mass is 398 g/mol. The van der Waals surface area contributed by atoms with Gasteiger partial charge in [0.05, 0.1) is 16.3 Å². The Hall–Kier alpha value is -2.17. The molecule has 5 heteroatoms. The second-order valence-corrected chi connectivity index (χ2v) is 8.06. The van der Waals surface area contributed by atoms with Crippen LogP contribution in [0.2, 0.25) is 5.02 Å². The molecule has 2 aromatic carbocycles. The average molecular weight is 399 g/mol. The highest BCUT2D eigenvalue weighted by Crippen LogP contribution is 2.38. The van der Waals surface area contributed by atoms with Gasteiger partial charge in [-0.1, -0.05) is 54.9 Å². The van der Waals surface area contributed by atoms with Crippen LogP contribution in [-0.2, 0) is 10.2 Å². The molecule has 3 rings (SSSR count). The molecule has 0 bridgehead atoms. The Balaban J connectivity index is 1.96. The van der Waals surface area contributed by atoms with Crippen LogP contribution in [0.15, 0.2) is 42.5 Å². The molecule has 27 heavy (non-hydrogen) atoms. The lowest BCUT2D eigenvalue weighted by Crippen LogP contribution is -2.22. The van der Waals surface area contributed by atoms with E-state index in [9.17, 15) is 4.79 Å². The number of carbonyl (C=O) groups is 1. The van der Waals surface area contributed by atoms with Crippen LogP contribution in [0.1, 0.15) is 31.5 Å². The second-order valence-electron chi connectivity index (χ2n) is 6.88. The minimum absolute atomic E-state index is 0.445. The molecule has 0 spiro atoms. The zero-order chi connectivity index (χ0) is 19.6. The van der Waals surface area contributed by atoms with Gasteiger partial charge in [0.25, 0.3) is 0 Å². The molecular formula is C22H23ClN2OS. The Bertz CT molecular complexity index is 965. The van der Waals surface area contributed by atoms with Gasteiger partial charge in [-0.05, 0) is 54.6 Å². The van der Waals surface area contributed by atoms with Gasteiger partial charge >= 0.3 is 0 Å². The van der Waals surface area contributed by atoms with E-state index in [0.717, 1.165) is 51.2 Å². The van der Waals surface area contributed by atoms with Gasteiger partial charge in [0.2, 0.25) is 0 Å². The number of hydrogen-bond acceptors (Lipinski definition) is 4. The maximum Gasteiger partial charge on any atom is 0.130 e. The van der Waals surface area contributed by atoms with Crippen molar-refractivity contribution in [3.8, 4) is 21.6 Å². The Morgan fingerprint density at radius 3 is 2.41 bits per heavy atom. The number of hydrogen-bond donors (Lipinski definition) is 1. The predicted molar refractivity (Wildman–Crippen MR) is 116 cm³/mol. The first-order valence-corrected chi connectivity index (χ1v) is 10.1. The summed E-state index contributed by atoms with van der Waals surface area (Å²) in [4.78, 5) is 12.5. The highest BCUT2D eigenvalue weighted by atomic mass is 35.5. The summed E-state index contributed by atoms with van der Waals surface area (Å²) in [6.45, 7) is 5.98. The number of nitrogens with zero attached hydrogens (tertiary/aromatic N) is 1. The number of anilines is 1. The molecule has 0 aliphatic heterocycles. The minimum Gasteiger partial charge on any atom is -0.385 e. The fourth-order valence-electron chi connectivity index (χ4n) is 3.14. The summed E-state index contributed by atoms with van der Waals surface area (Å²) >= 11 is 8.08. The molecule has 0 aliphatic carbocycles. The van der Waals surface area contributed by atoms with Crippen molar-refractivity contribution in [1.82, 2.24) is 4.37 Å². The van der Waals surface area contributed by atoms with Crippen LogP contribution in [0.25, 0.3) is 21.6 Å². The van der Waals surface area contributed by atoms with E-state index in [1.165, 1.54) is 11.5 Å². The molecule has 0 saturated heterocycles. The Labute approximate surface area is 169 Å². The van der Waals surface area contributed by atoms with Crippen molar-refractivity contribution in [3.63, 3.8) is 0 Å². The lowest BCUT2D eigenvalue weighted by molar-refractivity contribution is -0.112. The molecule has 140 valence electrons. The summed E-state index contributed by atoms with van der Waals surface area (Å²) in [6.07, 6.45) is 1.80. The standard InChI is InChI=1S/C22H23ClN2OS/c1-5-22(3,13-26)17-9-6-15(7-10-17)18-11-8-16(12-19(18)23)21-20(24-4)14(2)25-27-21/h6-13,24H,5H2,1-4H3. The Morgan fingerprint density at radius 1 is 1.19 bits per heavy atom. The lowest BCUT2D eigenvalue weighted by atomic mass is 9.81. The zero-order valence-corrected chi connectivity index (χ0v) is 17.5. The van der Waals surface area contributed by atoms with Crippen LogP contribution in [0.5, 0.6) is 0 Å². The molecule has 3 aromatic rings. The maximum absolute atomic E-state index is 11.5. The van der Waals surface area contributed by atoms with Gasteiger partial charge in [-0.3, -0.25) is 0 Å². The first-order valence-electron chi connectivity index (χ1n) is 8.94. The number of aryl methyl sites for hydroxylation is 1. The third-order valence-electron chi connectivity index (χ3n) is 5.19. The van der Waals surface area contributed by atoms with E-state index < -0.39 is 5.41 Å². The largest absolute Gasteiger partial charge is 0.385 e. The van der Waals surface area contributed by atoms with E-state index >= 15 is 0 Å². The van der Waals surface area contributed by atoms with Crippen molar-refractivity contribution in [2.45, 2.75) is 32.6 Å². The molecule has 0 fully saturated rings. The molecule has 0 saturated carbocycles. The zero-order valence-electron chi connectivity index (χ0n) is 16.0. The van der Waals surface area contributed by atoms with Gasteiger partial charge in [0.15, 0.2) is 0 Å². The van der Waals surface area contributed by atoms with Gasteiger partial charge in [0, 0.05) is 23.0 Å². The van der Waals surface area contributed by atoms with Gasteiger partial charge in [0.1, 0.15) is 6.29 Å². The lowest BCUT2D eigenvalue weighted by Gasteiger charge is -2.21. The molecule has 1 aromatic heterocycles. The van der Waals surface area contributed by atoms with Gasteiger partial charge in [-0.2, -0.15) is 4.37 Å². The number of carbonyl (C=O) groups excluding carboxylic acids is 1. The predicted octanol–water partition coefficient (Wildman–Crippen LogP) is 6.35. The molecule has 1 unspecified atom stereocenters. The highest BCUT2D eigenvalue weighted by Gasteiger charge is 2.23. The number of rotatable bonds is 6. The van der Waals surface area contributed by atoms with Crippen LogP contribution >= 0.6 is 23.1 Å². The summed E-state index contributed by atoms with van der Waals surface area (Å²) in [5, 5.41) is 3.91. The molecule has 1 N–H and O–H groups in total. The van der Waals surface area contributed by atoms with E-state index in [1.807, 2.05) is 64.2 Å². The van der Waals surface area contributed by atoms with E-state index in [2.05, 4.69) is 15.8 Å². The first-order chi connectivity index (χ1) is 12.9.